The van der Waals surface area contributed by atoms with E-state index in [4.69, 9.17) is 5.73 Å². The van der Waals surface area contributed by atoms with Crippen molar-refractivity contribution in [1.29, 1.82) is 0 Å². The van der Waals surface area contributed by atoms with Crippen molar-refractivity contribution in [2.75, 3.05) is 13.1 Å². The van der Waals surface area contributed by atoms with E-state index in [0.29, 0.717) is 12.0 Å². The van der Waals surface area contributed by atoms with Gasteiger partial charge in [0.25, 0.3) is 0 Å². The Bertz CT molecular complexity index is 273. The maximum atomic E-state index is 5.78. The van der Waals surface area contributed by atoms with Crippen LogP contribution in [0.4, 0.5) is 0 Å². The highest BCUT2D eigenvalue weighted by atomic mass is 14.9. The molecule has 3 N–H and O–H groups in total. The summed E-state index contributed by atoms with van der Waals surface area (Å²) in [6, 6.07) is 4.58. The van der Waals surface area contributed by atoms with Gasteiger partial charge >= 0.3 is 0 Å². The molecule has 3 nitrogen and oxygen atoms in total. The van der Waals surface area contributed by atoms with Gasteiger partial charge in [-0.2, -0.15) is 0 Å². The van der Waals surface area contributed by atoms with Gasteiger partial charge in [-0.1, -0.05) is 0 Å². The van der Waals surface area contributed by atoms with Crippen molar-refractivity contribution in [3.05, 3.63) is 30.1 Å². The van der Waals surface area contributed by atoms with E-state index in [1.807, 2.05) is 12.4 Å². The van der Waals surface area contributed by atoms with Gasteiger partial charge in [-0.25, -0.2) is 0 Å². The highest BCUT2D eigenvalue weighted by molar-refractivity contribution is 5.16. The fourth-order valence-corrected chi connectivity index (χ4v) is 2.17. The number of rotatable bonds is 2. The van der Waals surface area contributed by atoms with Crippen LogP contribution in [-0.4, -0.2) is 18.1 Å². The molecule has 0 aliphatic carbocycles. The molecule has 1 aromatic heterocycles. The zero-order valence-electron chi connectivity index (χ0n) is 8.32. The maximum Gasteiger partial charge on any atom is 0.0361 e. The van der Waals surface area contributed by atoms with Gasteiger partial charge in [0, 0.05) is 18.4 Å². The average Bonchev–Trinajstić information content (AvgIpc) is 2.30. The van der Waals surface area contributed by atoms with Gasteiger partial charge in [-0.05, 0) is 49.5 Å². The number of nitrogens with two attached hydrogens (primary N) is 1. The summed E-state index contributed by atoms with van der Waals surface area (Å²) in [6.45, 7) is 1.86. The first-order valence-corrected chi connectivity index (χ1v) is 5.25. The van der Waals surface area contributed by atoms with Crippen molar-refractivity contribution in [2.45, 2.75) is 18.9 Å². The molecule has 0 spiro atoms. The quantitative estimate of drug-likeness (QED) is 0.735. The molecule has 0 bridgehead atoms. The molecule has 2 heterocycles. The fourth-order valence-electron chi connectivity index (χ4n) is 2.17. The van der Waals surface area contributed by atoms with Crippen molar-refractivity contribution >= 4 is 0 Å². The van der Waals surface area contributed by atoms with Crippen molar-refractivity contribution in [2.24, 2.45) is 11.7 Å². The molecule has 1 aliphatic rings. The van der Waals surface area contributed by atoms with Gasteiger partial charge in [0.15, 0.2) is 0 Å². The molecular weight excluding hydrogens is 174 g/mol. The van der Waals surface area contributed by atoms with Crippen molar-refractivity contribution < 1.29 is 0 Å². The Hall–Kier alpha value is -0.930. The van der Waals surface area contributed by atoms with Crippen molar-refractivity contribution in [3.8, 4) is 0 Å². The lowest BCUT2D eigenvalue weighted by atomic mass is 9.87. The first kappa shape index (κ1) is 9.62. The van der Waals surface area contributed by atoms with E-state index in [0.717, 1.165) is 13.1 Å². The van der Waals surface area contributed by atoms with E-state index in [-0.39, 0.29) is 0 Å². The molecule has 1 saturated heterocycles. The van der Waals surface area contributed by atoms with E-state index in [9.17, 15) is 0 Å². The van der Waals surface area contributed by atoms with Crippen LogP contribution in [-0.2, 0) is 0 Å². The lowest BCUT2D eigenvalue weighted by molar-refractivity contribution is 0.291. The normalized spacial score (nSPS) is 27.5. The van der Waals surface area contributed by atoms with E-state index in [2.05, 4.69) is 22.4 Å². The Balaban J connectivity index is 2.15. The number of nitrogens with zero attached hydrogens (tertiary/aromatic N) is 1. The third kappa shape index (κ3) is 1.94. The molecule has 1 fully saturated rings. The Morgan fingerprint density at radius 3 is 2.93 bits per heavy atom. The lowest BCUT2D eigenvalue weighted by Gasteiger charge is -2.32. The average molecular weight is 191 g/mol. The number of nitrogens with one attached hydrogen (secondary N) is 1. The smallest absolute Gasteiger partial charge is 0.0361 e. The first-order valence-electron chi connectivity index (χ1n) is 5.25. The Kier molecular flexibility index (Phi) is 3.11. The van der Waals surface area contributed by atoms with Crippen LogP contribution in [0, 0.1) is 5.92 Å². The number of pyridine rings is 1. The topological polar surface area (TPSA) is 50.9 Å². The lowest BCUT2D eigenvalue weighted by Crippen LogP contribution is -2.37. The minimum Gasteiger partial charge on any atom is -0.330 e. The van der Waals surface area contributed by atoms with Crippen LogP contribution in [0.2, 0.25) is 0 Å². The molecule has 2 atom stereocenters. The molecular formula is C11H17N3. The Labute approximate surface area is 84.7 Å². The third-order valence-electron chi connectivity index (χ3n) is 2.96. The molecule has 0 radical (unpaired) electrons. The van der Waals surface area contributed by atoms with Crippen molar-refractivity contribution in [3.63, 3.8) is 0 Å². The SMILES string of the molecule is NC[C@H]1CCCN[C@@H]1c1ccncc1. The zero-order chi connectivity index (χ0) is 9.80. The first-order chi connectivity index (χ1) is 6.92. The zero-order valence-corrected chi connectivity index (χ0v) is 8.32. The van der Waals surface area contributed by atoms with Gasteiger partial charge in [-0.15, -0.1) is 0 Å². The highest BCUT2D eigenvalue weighted by Gasteiger charge is 2.24. The summed E-state index contributed by atoms with van der Waals surface area (Å²) in [7, 11) is 0. The number of aromatic nitrogens is 1. The minimum absolute atomic E-state index is 0.428. The second-order valence-electron chi connectivity index (χ2n) is 3.85. The van der Waals surface area contributed by atoms with E-state index in [1.54, 1.807) is 0 Å². The molecule has 1 aromatic rings. The van der Waals surface area contributed by atoms with E-state index in [1.165, 1.54) is 18.4 Å². The Morgan fingerprint density at radius 2 is 2.21 bits per heavy atom. The van der Waals surface area contributed by atoms with Crippen molar-refractivity contribution in [1.82, 2.24) is 10.3 Å². The second-order valence-corrected chi connectivity index (χ2v) is 3.85. The van der Waals surface area contributed by atoms with Crippen LogP contribution in [0.25, 0.3) is 0 Å². The predicted molar refractivity (Wildman–Crippen MR) is 56.8 cm³/mol. The van der Waals surface area contributed by atoms with Gasteiger partial charge in [0.2, 0.25) is 0 Å². The summed E-state index contributed by atoms with van der Waals surface area (Å²) < 4.78 is 0. The standard InChI is InChI=1S/C11H17N3/c12-8-10-2-1-5-14-11(10)9-3-6-13-7-4-9/h3-4,6-7,10-11,14H,1-2,5,8,12H2/t10-,11-/m1/s1. The summed E-state index contributed by atoms with van der Waals surface area (Å²) in [5.41, 5.74) is 7.09. The Morgan fingerprint density at radius 1 is 1.43 bits per heavy atom. The van der Waals surface area contributed by atoms with Gasteiger partial charge in [-0.3, -0.25) is 4.98 Å². The van der Waals surface area contributed by atoms with Gasteiger partial charge < -0.3 is 11.1 Å². The van der Waals surface area contributed by atoms with Gasteiger partial charge in [0.05, 0.1) is 0 Å². The molecule has 0 unspecified atom stereocenters. The van der Waals surface area contributed by atoms with Gasteiger partial charge in [0.1, 0.15) is 0 Å². The fraction of sp³-hybridized carbons (Fsp3) is 0.545. The molecule has 3 heteroatoms. The maximum absolute atomic E-state index is 5.78. The van der Waals surface area contributed by atoms with E-state index < -0.39 is 0 Å². The van der Waals surface area contributed by atoms with Crippen LogP contribution >= 0.6 is 0 Å². The molecule has 0 amide bonds. The van der Waals surface area contributed by atoms with Crippen LogP contribution in [0.3, 0.4) is 0 Å². The molecule has 76 valence electrons. The second kappa shape index (κ2) is 4.53. The van der Waals surface area contributed by atoms with Crippen LogP contribution < -0.4 is 11.1 Å². The predicted octanol–water partition coefficient (Wildman–Crippen LogP) is 1.08. The third-order valence-corrected chi connectivity index (χ3v) is 2.96. The number of hydrogen-bond donors (Lipinski definition) is 2. The molecule has 14 heavy (non-hydrogen) atoms. The number of hydrogen-bond acceptors (Lipinski definition) is 3. The summed E-state index contributed by atoms with van der Waals surface area (Å²) in [5, 5.41) is 3.53. The van der Waals surface area contributed by atoms with Crippen LogP contribution in [0.1, 0.15) is 24.4 Å². The molecule has 1 aliphatic heterocycles. The summed E-state index contributed by atoms with van der Waals surface area (Å²) in [5.74, 6) is 0.575. The molecule has 0 aromatic carbocycles. The monoisotopic (exact) mass is 191 g/mol. The van der Waals surface area contributed by atoms with Crippen LogP contribution in [0.5, 0.6) is 0 Å². The van der Waals surface area contributed by atoms with E-state index >= 15 is 0 Å². The minimum atomic E-state index is 0.428. The number of piperidine rings is 1. The molecule has 0 saturated carbocycles. The summed E-state index contributed by atoms with van der Waals surface area (Å²) >= 11 is 0. The molecule has 2 rings (SSSR count). The summed E-state index contributed by atoms with van der Waals surface area (Å²) in [6.07, 6.45) is 6.17. The van der Waals surface area contributed by atoms with Crippen LogP contribution in [0.15, 0.2) is 24.5 Å². The summed E-state index contributed by atoms with van der Waals surface area (Å²) in [4.78, 5) is 4.03. The largest absolute Gasteiger partial charge is 0.330 e. The highest BCUT2D eigenvalue weighted by Crippen LogP contribution is 2.27.